The van der Waals surface area contributed by atoms with Crippen molar-refractivity contribution in [2.75, 3.05) is 27.2 Å². The predicted molar refractivity (Wildman–Crippen MR) is 82.5 cm³/mol. The molecular formula is C16H22N4O. The molecule has 2 aromatic rings. The van der Waals surface area contributed by atoms with Crippen LogP contribution in [0.1, 0.15) is 18.5 Å². The van der Waals surface area contributed by atoms with Crippen LogP contribution in [0, 0.1) is 0 Å². The molecule has 0 aliphatic carbocycles. The van der Waals surface area contributed by atoms with Gasteiger partial charge in [0.1, 0.15) is 5.75 Å². The van der Waals surface area contributed by atoms with E-state index >= 15 is 0 Å². The van der Waals surface area contributed by atoms with Crippen molar-refractivity contribution in [2.24, 2.45) is 0 Å². The second-order valence-electron chi connectivity index (χ2n) is 6.33. The van der Waals surface area contributed by atoms with E-state index in [-0.39, 0.29) is 0 Å². The molecule has 2 aliphatic heterocycles. The number of likely N-dealkylation sites (tertiary alicyclic amines) is 1. The first kappa shape index (κ1) is 13.1. The van der Waals surface area contributed by atoms with Crippen molar-refractivity contribution < 1.29 is 4.74 Å². The monoisotopic (exact) mass is 286 g/mol. The number of hydrogen-bond acceptors (Lipinski definition) is 4. The average molecular weight is 286 g/mol. The number of benzene rings is 1. The summed E-state index contributed by atoms with van der Waals surface area (Å²) in [6.07, 6.45) is 2.68. The molecule has 2 saturated heterocycles. The molecule has 0 spiro atoms. The van der Waals surface area contributed by atoms with Crippen molar-refractivity contribution in [3.05, 3.63) is 23.9 Å². The molecule has 2 atom stereocenters. The highest BCUT2D eigenvalue weighted by Gasteiger charge is 2.37. The Bertz CT molecular complexity index is 639. The summed E-state index contributed by atoms with van der Waals surface area (Å²) in [6, 6.07) is 7.52. The van der Waals surface area contributed by atoms with Crippen LogP contribution in [0.15, 0.2) is 18.2 Å². The number of ether oxygens (including phenoxy) is 1. The van der Waals surface area contributed by atoms with Gasteiger partial charge in [-0.3, -0.25) is 14.9 Å². The highest BCUT2D eigenvalue weighted by atomic mass is 16.5. The highest BCUT2D eigenvalue weighted by molar-refractivity contribution is 5.82. The molecule has 112 valence electrons. The van der Waals surface area contributed by atoms with Crippen LogP contribution in [0.3, 0.4) is 0 Å². The van der Waals surface area contributed by atoms with E-state index in [1.165, 1.54) is 23.9 Å². The maximum absolute atomic E-state index is 5.33. The minimum atomic E-state index is 0.729. The molecule has 1 aromatic heterocycles. The van der Waals surface area contributed by atoms with Gasteiger partial charge in [-0.15, -0.1) is 0 Å². The Morgan fingerprint density at radius 3 is 2.76 bits per heavy atom. The Morgan fingerprint density at radius 1 is 1.29 bits per heavy atom. The summed E-state index contributed by atoms with van der Waals surface area (Å²) in [5, 5.41) is 8.80. The van der Waals surface area contributed by atoms with Crippen LogP contribution in [0.5, 0.6) is 5.75 Å². The quantitative estimate of drug-likeness (QED) is 0.935. The Balaban J connectivity index is 1.57. The standard InChI is InChI=1S/C16H22N4O/c1-19-11-3-4-12(19)9-20(8-11)10-16-14-7-13(21-2)5-6-15(14)17-18-16/h5-7,11-12H,3-4,8-10H2,1-2H3,(H,17,18). The van der Waals surface area contributed by atoms with E-state index in [1.54, 1.807) is 7.11 Å². The molecular weight excluding hydrogens is 264 g/mol. The number of aromatic amines is 1. The van der Waals surface area contributed by atoms with Crippen molar-refractivity contribution in [1.29, 1.82) is 0 Å². The first-order valence-corrected chi connectivity index (χ1v) is 7.70. The van der Waals surface area contributed by atoms with Crippen LogP contribution < -0.4 is 4.74 Å². The van der Waals surface area contributed by atoms with Gasteiger partial charge in [-0.05, 0) is 38.1 Å². The Hall–Kier alpha value is -1.59. The molecule has 0 radical (unpaired) electrons. The van der Waals surface area contributed by atoms with Gasteiger partial charge in [-0.2, -0.15) is 5.10 Å². The van der Waals surface area contributed by atoms with Crippen molar-refractivity contribution in [1.82, 2.24) is 20.0 Å². The van der Waals surface area contributed by atoms with Crippen LogP contribution in [0.25, 0.3) is 10.9 Å². The maximum Gasteiger partial charge on any atom is 0.119 e. The SMILES string of the molecule is COc1ccc2n[nH]c(CN3CC4CCC(C3)N4C)c2c1. The summed E-state index contributed by atoms with van der Waals surface area (Å²) in [5.41, 5.74) is 2.22. The Kier molecular flexibility index (Phi) is 3.12. The van der Waals surface area contributed by atoms with Gasteiger partial charge in [-0.25, -0.2) is 0 Å². The topological polar surface area (TPSA) is 44.4 Å². The van der Waals surface area contributed by atoms with Gasteiger partial charge in [0.25, 0.3) is 0 Å². The van der Waals surface area contributed by atoms with E-state index in [2.05, 4.69) is 33.1 Å². The van der Waals surface area contributed by atoms with Crippen molar-refractivity contribution >= 4 is 10.9 Å². The number of likely N-dealkylation sites (N-methyl/N-ethyl adjacent to an activating group) is 1. The van der Waals surface area contributed by atoms with E-state index in [0.29, 0.717) is 0 Å². The second kappa shape index (κ2) is 5.00. The molecule has 1 N–H and O–H groups in total. The molecule has 3 heterocycles. The lowest BCUT2D eigenvalue weighted by Gasteiger charge is -2.38. The fourth-order valence-corrected chi connectivity index (χ4v) is 3.84. The number of hydrogen-bond donors (Lipinski definition) is 1. The van der Waals surface area contributed by atoms with Crippen LogP contribution in [0.4, 0.5) is 0 Å². The van der Waals surface area contributed by atoms with Gasteiger partial charge in [0, 0.05) is 37.1 Å². The van der Waals surface area contributed by atoms with Gasteiger partial charge in [0.15, 0.2) is 0 Å². The van der Waals surface area contributed by atoms with Crippen molar-refractivity contribution in [3.8, 4) is 5.75 Å². The lowest BCUT2D eigenvalue weighted by molar-refractivity contribution is 0.0831. The zero-order chi connectivity index (χ0) is 14.4. The highest BCUT2D eigenvalue weighted by Crippen LogP contribution is 2.30. The summed E-state index contributed by atoms with van der Waals surface area (Å²) in [4.78, 5) is 5.12. The van der Waals surface area contributed by atoms with E-state index in [4.69, 9.17) is 4.74 Å². The number of fused-ring (bicyclic) bond motifs is 3. The van der Waals surface area contributed by atoms with Gasteiger partial charge >= 0.3 is 0 Å². The fraction of sp³-hybridized carbons (Fsp3) is 0.562. The van der Waals surface area contributed by atoms with Gasteiger partial charge in [-0.1, -0.05) is 0 Å². The number of methoxy groups -OCH3 is 1. The minimum absolute atomic E-state index is 0.729. The molecule has 4 rings (SSSR count). The molecule has 1 aromatic carbocycles. The third-order valence-electron chi connectivity index (χ3n) is 5.14. The average Bonchev–Trinajstić information content (AvgIpc) is 2.96. The summed E-state index contributed by atoms with van der Waals surface area (Å²) in [5.74, 6) is 0.892. The third-order valence-corrected chi connectivity index (χ3v) is 5.14. The van der Waals surface area contributed by atoms with Crippen LogP contribution in [-0.4, -0.2) is 59.3 Å². The van der Waals surface area contributed by atoms with Gasteiger partial charge < -0.3 is 4.74 Å². The van der Waals surface area contributed by atoms with Gasteiger partial charge in [0.2, 0.25) is 0 Å². The summed E-state index contributed by atoms with van der Waals surface area (Å²) < 4.78 is 5.33. The normalized spacial score (nSPS) is 26.6. The number of H-pyrrole nitrogens is 1. The van der Waals surface area contributed by atoms with Crippen LogP contribution in [-0.2, 0) is 6.54 Å². The maximum atomic E-state index is 5.33. The van der Waals surface area contributed by atoms with E-state index in [0.717, 1.165) is 43.0 Å². The summed E-state index contributed by atoms with van der Waals surface area (Å²) in [7, 11) is 3.98. The number of rotatable bonds is 3. The molecule has 5 nitrogen and oxygen atoms in total. The first-order valence-electron chi connectivity index (χ1n) is 7.70. The van der Waals surface area contributed by atoms with Crippen LogP contribution in [0.2, 0.25) is 0 Å². The Morgan fingerprint density at radius 2 is 2.05 bits per heavy atom. The minimum Gasteiger partial charge on any atom is -0.497 e. The zero-order valence-electron chi connectivity index (χ0n) is 12.7. The molecule has 21 heavy (non-hydrogen) atoms. The van der Waals surface area contributed by atoms with E-state index < -0.39 is 0 Å². The molecule has 2 aliphatic rings. The Labute approximate surface area is 124 Å². The smallest absolute Gasteiger partial charge is 0.119 e. The van der Waals surface area contributed by atoms with E-state index in [9.17, 15) is 0 Å². The lowest BCUT2D eigenvalue weighted by atomic mass is 10.1. The van der Waals surface area contributed by atoms with Crippen LogP contribution >= 0.6 is 0 Å². The summed E-state index contributed by atoms with van der Waals surface area (Å²) in [6.45, 7) is 3.28. The fourth-order valence-electron chi connectivity index (χ4n) is 3.84. The molecule has 2 unspecified atom stereocenters. The molecule has 2 bridgehead atoms. The number of aromatic nitrogens is 2. The van der Waals surface area contributed by atoms with E-state index in [1.807, 2.05) is 12.1 Å². The van der Waals surface area contributed by atoms with Gasteiger partial charge in [0.05, 0.1) is 18.3 Å². The lowest BCUT2D eigenvalue weighted by Crippen LogP contribution is -2.51. The molecule has 0 saturated carbocycles. The zero-order valence-corrected chi connectivity index (χ0v) is 12.7. The second-order valence-corrected chi connectivity index (χ2v) is 6.33. The van der Waals surface area contributed by atoms with Crippen molar-refractivity contribution in [2.45, 2.75) is 31.5 Å². The molecule has 5 heteroatoms. The van der Waals surface area contributed by atoms with Crippen molar-refractivity contribution in [3.63, 3.8) is 0 Å². The number of nitrogens with one attached hydrogen (secondary N) is 1. The first-order chi connectivity index (χ1) is 10.2. The summed E-state index contributed by atoms with van der Waals surface area (Å²) >= 11 is 0. The third kappa shape index (κ3) is 2.21. The number of nitrogens with zero attached hydrogens (tertiary/aromatic N) is 3. The molecule has 0 amide bonds. The predicted octanol–water partition coefficient (Wildman–Crippen LogP) is 1.85. The largest absolute Gasteiger partial charge is 0.497 e. The molecule has 2 fully saturated rings. The number of piperazine rings is 1.